The highest BCUT2D eigenvalue weighted by atomic mass is 16.5. The number of aliphatic hydroxyl groups excluding tert-OH is 1. The van der Waals surface area contributed by atoms with Crippen molar-refractivity contribution in [1.82, 2.24) is 0 Å². The summed E-state index contributed by atoms with van der Waals surface area (Å²) in [5.74, 6) is 0.243. The third-order valence-corrected chi connectivity index (χ3v) is 1.91. The van der Waals surface area contributed by atoms with Gasteiger partial charge < -0.3 is 9.84 Å². The first-order chi connectivity index (χ1) is 5.56. The highest BCUT2D eigenvalue weighted by molar-refractivity contribution is 5.33. The van der Waals surface area contributed by atoms with Gasteiger partial charge in [0.15, 0.2) is 0 Å². The fourth-order valence-electron chi connectivity index (χ4n) is 1.22. The Morgan fingerprint density at radius 2 is 2.00 bits per heavy atom. The van der Waals surface area contributed by atoms with Gasteiger partial charge in [-0.15, -0.1) is 0 Å². The molecular weight excluding hydrogens is 152 g/mol. The van der Waals surface area contributed by atoms with Crippen LogP contribution in [0.3, 0.4) is 0 Å². The van der Waals surface area contributed by atoms with Crippen molar-refractivity contribution in [2.75, 3.05) is 7.11 Å². The normalized spacial score (nSPS) is 29.2. The van der Waals surface area contributed by atoms with E-state index in [0.29, 0.717) is 0 Å². The van der Waals surface area contributed by atoms with Crippen LogP contribution in [0, 0.1) is 0 Å². The summed E-state index contributed by atoms with van der Waals surface area (Å²) in [5.41, 5.74) is 0.595. The van der Waals surface area contributed by atoms with Gasteiger partial charge in [0, 0.05) is 7.11 Å². The standard InChI is InChI=1S/C10H14O2/c1-8-4-5-9(11)7-10(2,6-8)12-3/h4-7,11H,1-3H3. The van der Waals surface area contributed by atoms with E-state index in [-0.39, 0.29) is 5.76 Å². The SMILES string of the molecule is COC1(C)C=C(C)C=CC(O)=C1. The van der Waals surface area contributed by atoms with Crippen LogP contribution in [0.25, 0.3) is 0 Å². The lowest BCUT2D eigenvalue weighted by atomic mass is 10.0. The van der Waals surface area contributed by atoms with Crippen LogP contribution < -0.4 is 0 Å². The lowest BCUT2D eigenvalue weighted by molar-refractivity contribution is 0.0878. The molecule has 0 saturated heterocycles. The monoisotopic (exact) mass is 166 g/mol. The zero-order chi connectivity index (χ0) is 9.19. The van der Waals surface area contributed by atoms with Gasteiger partial charge in [0.25, 0.3) is 0 Å². The van der Waals surface area contributed by atoms with Gasteiger partial charge in [-0.05, 0) is 32.1 Å². The number of aliphatic hydroxyl groups is 1. The lowest BCUT2D eigenvalue weighted by Crippen LogP contribution is -2.21. The van der Waals surface area contributed by atoms with E-state index in [1.54, 1.807) is 19.3 Å². The van der Waals surface area contributed by atoms with Crippen LogP contribution in [0.5, 0.6) is 0 Å². The molecule has 1 aliphatic rings. The highest BCUT2D eigenvalue weighted by Gasteiger charge is 2.19. The van der Waals surface area contributed by atoms with Crippen molar-refractivity contribution in [2.45, 2.75) is 19.4 Å². The predicted molar refractivity (Wildman–Crippen MR) is 49.0 cm³/mol. The van der Waals surface area contributed by atoms with Crippen molar-refractivity contribution in [3.8, 4) is 0 Å². The summed E-state index contributed by atoms with van der Waals surface area (Å²) in [7, 11) is 1.62. The first-order valence-corrected chi connectivity index (χ1v) is 3.90. The molecule has 0 bridgehead atoms. The molecule has 12 heavy (non-hydrogen) atoms. The molecule has 0 radical (unpaired) electrons. The average Bonchev–Trinajstić information content (AvgIpc) is 2.11. The Bertz CT molecular complexity index is 237. The van der Waals surface area contributed by atoms with E-state index in [1.165, 1.54) is 0 Å². The topological polar surface area (TPSA) is 29.5 Å². The quantitative estimate of drug-likeness (QED) is 0.648. The number of methoxy groups -OCH3 is 1. The van der Waals surface area contributed by atoms with E-state index in [1.807, 2.05) is 26.0 Å². The number of hydrogen-bond acceptors (Lipinski definition) is 2. The lowest BCUT2D eigenvalue weighted by Gasteiger charge is -2.19. The molecule has 0 aromatic carbocycles. The first-order valence-electron chi connectivity index (χ1n) is 3.90. The molecule has 1 atom stereocenters. The maximum atomic E-state index is 9.33. The van der Waals surface area contributed by atoms with Crippen LogP contribution in [0.4, 0.5) is 0 Å². The van der Waals surface area contributed by atoms with E-state index < -0.39 is 5.60 Å². The maximum Gasteiger partial charge on any atom is 0.114 e. The molecule has 66 valence electrons. The first kappa shape index (κ1) is 9.07. The zero-order valence-electron chi connectivity index (χ0n) is 7.66. The number of ether oxygens (including phenoxy) is 1. The molecule has 0 fully saturated rings. The second-order valence-electron chi connectivity index (χ2n) is 3.18. The molecule has 0 heterocycles. The summed E-state index contributed by atoms with van der Waals surface area (Å²) in [5, 5.41) is 9.33. The fourth-order valence-corrected chi connectivity index (χ4v) is 1.22. The van der Waals surface area contributed by atoms with E-state index in [4.69, 9.17) is 4.74 Å². The van der Waals surface area contributed by atoms with Crippen LogP contribution in [0.1, 0.15) is 13.8 Å². The molecule has 1 unspecified atom stereocenters. The molecule has 1 rings (SSSR count). The van der Waals surface area contributed by atoms with Gasteiger partial charge in [-0.3, -0.25) is 0 Å². The summed E-state index contributed by atoms with van der Waals surface area (Å²) < 4.78 is 5.25. The molecule has 0 amide bonds. The minimum atomic E-state index is -0.488. The predicted octanol–water partition coefficient (Wildman–Crippen LogP) is 2.35. The molecule has 0 aromatic heterocycles. The Kier molecular flexibility index (Phi) is 2.38. The van der Waals surface area contributed by atoms with Crippen molar-refractivity contribution < 1.29 is 9.84 Å². The average molecular weight is 166 g/mol. The molecule has 0 aliphatic heterocycles. The number of allylic oxidation sites excluding steroid dienone is 3. The van der Waals surface area contributed by atoms with Gasteiger partial charge in [0.05, 0.1) is 0 Å². The maximum absolute atomic E-state index is 9.33. The van der Waals surface area contributed by atoms with Crippen LogP contribution in [-0.4, -0.2) is 17.8 Å². The van der Waals surface area contributed by atoms with Crippen LogP contribution in [0.2, 0.25) is 0 Å². The summed E-state index contributed by atoms with van der Waals surface area (Å²) in [4.78, 5) is 0. The summed E-state index contributed by atoms with van der Waals surface area (Å²) in [6.07, 6.45) is 7.17. The number of rotatable bonds is 1. The third-order valence-electron chi connectivity index (χ3n) is 1.91. The molecule has 1 aliphatic carbocycles. The van der Waals surface area contributed by atoms with Gasteiger partial charge >= 0.3 is 0 Å². The summed E-state index contributed by atoms with van der Waals surface area (Å²) in [6.45, 7) is 3.87. The Balaban J connectivity index is 3.04. The molecule has 0 aromatic rings. The highest BCUT2D eigenvalue weighted by Crippen LogP contribution is 2.21. The minimum absolute atomic E-state index is 0.243. The summed E-state index contributed by atoms with van der Waals surface area (Å²) >= 11 is 0. The fraction of sp³-hybridized carbons (Fsp3) is 0.400. The third kappa shape index (κ3) is 1.98. The van der Waals surface area contributed by atoms with Gasteiger partial charge in [0.2, 0.25) is 0 Å². The van der Waals surface area contributed by atoms with Crippen LogP contribution >= 0.6 is 0 Å². The smallest absolute Gasteiger partial charge is 0.114 e. The van der Waals surface area contributed by atoms with Crippen LogP contribution in [-0.2, 0) is 4.74 Å². The minimum Gasteiger partial charge on any atom is -0.508 e. The Hall–Kier alpha value is -1.02. The Morgan fingerprint density at radius 3 is 2.58 bits per heavy atom. The zero-order valence-corrected chi connectivity index (χ0v) is 7.66. The molecule has 1 N–H and O–H groups in total. The Morgan fingerprint density at radius 1 is 1.33 bits per heavy atom. The van der Waals surface area contributed by atoms with Crippen molar-refractivity contribution >= 4 is 0 Å². The van der Waals surface area contributed by atoms with E-state index in [2.05, 4.69) is 0 Å². The second-order valence-corrected chi connectivity index (χ2v) is 3.18. The van der Waals surface area contributed by atoms with E-state index in [9.17, 15) is 5.11 Å². The number of hydrogen-bond donors (Lipinski definition) is 1. The van der Waals surface area contributed by atoms with Gasteiger partial charge in [-0.25, -0.2) is 0 Å². The Labute approximate surface area is 72.9 Å². The molecular formula is C10H14O2. The van der Waals surface area contributed by atoms with E-state index >= 15 is 0 Å². The molecule has 2 heteroatoms. The molecule has 0 saturated carbocycles. The van der Waals surface area contributed by atoms with Crippen molar-refractivity contribution in [1.29, 1.82) is 0 Å². The van der Waals surface area contributed by atoms with Crippen molar-refractivity contribution in [3.63, 3.8) is 0 Å². The summed E-state index contributed by atoms with van der Waals surface area (Å²) in [6, 6.07) is 0. The second kappa shape index (κ2) is 3.15. The van der Waals surface area contributed by atoms with Gasteiger partial charge in [-0.2, -0.15) is 0 Å². The van der Waals surface area contributed by atoms with Crippen LogP contribution in [0.15, 0.2) is 35.6 Å². The molecule has 0 spiro atoms. The van der Waals surface area contributed by atoms with E-state index in [0.717, 1.165) is 5.57 Å². The van der Waals surface area contributed by atoms with Crippen molar-refractivity contribution in [3.05, 3.63) is 35.6 Å². The van der Waals surface area contributed by atoms with Crippen molar-refractivity contribution in [2.24, 2.45) is 0 Å². The largest absolute Gasteiger partial charge is 0.508 e. The molecule has 2 nitrogen and oxygen atoms in total. The van der Waals surface area contributed by atoms with Gasteiger partial charge in [0.1, 0.15) is 11.4 Å². The van der Waals surface area contributed by atoms with Gasteiger partial charge in [-0.1, -0.05) is 11.6 Å².